The molecule has 2 heterocycles. The Bertz CT molecular complexity index is 1410. The van der Waals surface area contributed by atoms with Crippen molar-refractivity contribution >= 4 is 32.8 Å². The number of phenolic OH excluding ortho intramolecular Hbond substituents is 1. The number of rotatable bonds is 4. The molecule has 1 atom stereocenters. The number of phenols is 1. The number of fused-ring (bicyclic) bond motifs is 2. The maximum Gasteiger partial charge on any atom is 0.291 e. The Labute approximate surface area is 191 Å². The van der Waals surface area contributed by atoms with Gasteiger partial charge in [0.15, 0.2) is 5.43 Å². The van der Waals surface area contributed by atoms with E-state index in [1.54, 1.807) is 54.5 Å². The number of amides is 1. The van der Waals surface area contributed by atoms with E-state index in [-0.39, 0.29) is 35.0 Å². The van der Waals surface area contributed by atoms with Crippen molar-refractivity contribution in [3.8, 4) is 11.5 Å². The molecule has 1 aliphatic heterocycles. The van der Waals surface area contributed by atoms with Gasteiger partial charge in [-0.25, -0.2) is 0 Å². The summed E-state index contributed by atoms with van der Waals surface area (Å²) in [5, 5.41) is 10.5. The molecule has 0 bridgehead atoms. The van der Waals surface area contributed by atoms with Gasteiger partial charge >= 0.3 is 0 Å². The number of methoxy groups -OCH3 is 1. The summed E-state index contributed by atoms with van der Waals surface area (Å²) in [5.74, 6) is 0.432. The summed E-state index contributed by atoms with van der Waals surface area (Å²) < 4.78 is 11.9. The maximum atomic E-state index is 13.5. The van der Waals surface area contributed by atoms with Crippen LogP contribution >= 0.6 is 15.9 Å². The number of aromatic hydroxyl groups is 1. The zero-order valence-electron chi connectivity index (χ0n) is 17.0. The molecule has 7 heteroatoms. The van der Waals surface area contributed by atoms with E-state index in [0.717, 1.165) is 10.0 Å². The molecule has 0 aliphatic carbocycles. The number of benzene rings is 3. The second-order valence-electron chi connectivity index (χ2n) is 7.59. The summed E-state index contributed by atoms with van der Waals surface area (Å²) >= 11 is 3.40. The van der Waals surface area contributed by atoms with Crippen molar-refractivity contribution in [2.75, 3.05) is 7.11 Å². The van der Waals surface area contributed by atoms with Crippen LogP contribution < -0.4 is 10.2 Å². The Morgan fingerprint density at radius 3 is 2.56 bits per heavy atom. The SMILES string of the molecule is COc1ccc(CN2C(=O)c3oc4ccc(Br)cc4c(=O)c3C2c2cccc(O)c2)cc1. The second-order valence-corrected chi connectivity index (χ2v) is 8.51. The van der Waals surface area contributed by atoms with E-state index >= 15 is 0 Å². The lowest BCUT2D eigenvalue weighted by Crippen LogP contribution is -2.29. The minimum Gasteiger partial charge on any atom is -0.508 e. The third-order valence-corrected chi connectivity index (χ3v) is 6.12. The molecule has 4 aromatic rings. The van der Waals surface area contributed by atoms with Crippen molar-refractivity contribution in [2.24, 2.45) is 0 Å². The van der Waals surface area contributed by atoms with Crippen molar-refractivity contribution in [2.45, 2.75) is 12.6 Å². The van der Waals surface area contributed by atoms with E-state index in [4.69, 9.17) is 9.15 Å². The van der Waals surface area contributed by atoms with Gasteiger partial charge in [0.1, 0.15) is 17.1 Å². The monoisotopic (exact) mass is 491 g/mol. The molecule has 6 nitrogen and oxygen atoms in total. The fourth-order valence-electron chi connectivity index (χ4n) is 4.12. The van der Waals surface area contributed by atoms with Crippen LogP contribution in [-0.4, -0.2) is 23.0 Å². The van der Waals surface area contributed by atoms with Gasteiger partial charge in [0.25, 0.3) is 5.91 Å². The number of hydrogen-bond donors (Lipinski definition) is 1. The molecular formula is C25H18BrNO5. The van der Waals surface area contributed by atoms with Gasteiger partial charge in [-0.1, -0.05) is 40.2 Å². The van der Waals surface area contributed by atoms with Crippen molar-refractivity contribution in [3.63, 3.8) is 0 Å². The zero-order valence-corrected chi connectivity index (χ0v) is 18.6. The number of ether oxygens (including phenoxy) is 1. The highest BCUT2D eigenvalue weighted by Crippen LogP contribution is 2.40. The lowest BCUT2D eigenvalue weighted by atomic mass is 9.98. The van der Waals surface area contributed by atoms with E-state index in [2.05, 4.69) is 15.9 Å². The number of carbonyl (C=O) groups excluding carboxylic acids is 1. The molecule has 0 spiro atoms. The van der Waals surface area contributed by atoms with E-state index < -0.39 is 6.04 Å². The van der Waals surface area contributed by atoms with Gasteiger partial charge < -0.3 is 19.2 Å². The lowest BCUT2D eigenvalue weighted by Gasteiger charge is -2.25. The van der Waals surface area contributed by atoms with E-state index in [1.807, 2.05) is 24.3 Å². The predicted molar refractivity (Wildman–Crippen MR) is 123 cm³/mol. The van der Waals surface area contributed by atoms with Gasteiger partial charge in [0, 0.05) is 11.0 Å². The van der Waals surface area contributed by atoms with Gasteiger partial charge in [-0.05, 0) is 53.6 Å². The summed E-state index contributed by atoms with van der Waals surface area (Å²) in [5.41, 5.74) is 1.87. The highest BCUT2D eigenvalue weighted by molar-refractivity contribution is 9.10. The minimum absolute atomic E-state index is 0.0340. The molecule has 32 heavy (non-hydrogen) atoms. The fourth-order valence-corrected chi connectivity index (χ4v) is 4.49. The highest BCUT2D eigenvalue weighted by atomic mass is 79.9. The first-order valence-corrected chi connectivity index (χ1v) is 10.7. The molecule has 1 unspecified atom stereocenters. The predicted octanol–water partition coefficient (Wildman–Crippen LogP) is 5.02. The molecule has 5 rings (SSSR count). The van der Waals surface area contributed by atoms with Crippen LogP contribution in [0.3, 0.4) is 0 Å². The Morgan fingerprint density at radius 1 is 1.06 bits per heavy atom. The van der Waals surface area contributed by atoms with Crippen LogP contribution in [0.4, 0.5) is 0 Å². The standard InChI is InChI=1S/C25H18BrNO5/c1-31-18-8-5-14(6-9-18)13-27-22(15-3-2-4-17(28)11-15)21-23(29)19-12-16(26)7-10-20(19)32-24(21)25(27)30/h2-12,22,28H,13H2,1H3. The van der Waals surface area contributed by atoms with E-state index in [0.29, 0.717) is 22.3 Å². The molecule has 0 fully saturated rings. The van der Waals surface area contributed by atoms with Crippen LogP contribution in [-0.2, 0) is 6.54 Å². The van der Waals surface area contributed by atoms with Crippen molar-refractivity contribution in [1.82, 2.24) is 4.90 Å². The van der Waals surface area contributed by atoms with Gasteiger partial charge in [-0.2, -0.15) is 0 Å². The molecule has 0 radical (unpaired) electrons. The van der Waals surface area contributed by atoms with Gasteiger partial charge in [-0.15, -0.1) is 0 Å². The summed E-state index contributed by atoms with van der Waals surface area (Å²) in [4.78, 5) is 28.6. The Kier molecular flexibility index (Phi) is 4.98. The number of carbonyl (C=O) groups is 1. The summed E-state index contributed by atoms with van der Waals surface area (Å²) in [6.45, 7) is 0.257. The molecule has 1 N–H and O–H groups in total. The Hall–Kier alpha value is -3.58. The molecule has 3 aromatic carbocycles. The number of halogens is 1. The van der Waals surface area contributed by atoms with Crippen LogP contribution in [0.1, 0.15) is 33.3 Å². The van der Waals surface area contributed by atoms with Gasteiger partial charge in [0.05, 0.1) is 24.1 Å². The summed E-state index contributed by atoms with van der Waals surface area (Å²) in [6, 6.07) is 18.4. The fraction of sp³-hybridized carbons (Fsp3) is 0.120. The number of hydrogen-bond acceptors (Lipinski definition) is 5. The van der Waals surface area contributed by atoms with Crippen molar-refractivity contribution in [3.05, 3.63) is 104 Å². The molecular weight excluding hydrogens is 474 g/mol. The first-order valence-electron chi connectivity index (χ1n) is 9.95. The molecule has 0 saturated carbocycles. The lowest BCUT2D eigenvalue weighted by molar-refractivity contribution is 0.0714. The first kappa shape index (κ1) is 20.3. The smallest absolute Gasteiger partial charge is 0.291 e. The average Bonchev–Trinajstić information content (AvgIpc) is 3.07. The quantitative estimate of drug-likeness (QED) is 0.433. The van der Waals surface area contributed by atoms with Gasteiger partial charge in [-0.3, -0.25) is 9.59 Å². The van der Waals surface area contributed by atoms with Crippen LogP contribution in [0.25, 0.3) is 11.0 Å². The van der Waals surface area contributed by atoms with Crippen LogP contribution in [0.2, 0.25) is 0 Å². The zero-order chi connectivity index (χ0) is 22.4. The third kappa shape index (κ3) is 3.35. The van der Waals surface area contributed by atoms with Crippen molar-refractivity contribution < 1.29 is 19.1 Å². The molecule has 0 saturated heterocycles. The van der Waals surface area contributed by atoms with E-state index in [1.165, 1.54) is 0 Å². The molecule has 160 valence electrons. The Balaban J connectivity index is 1.70. The summed E-state index contributed by atoms with van der Waals surface area (Å²) in [7, 11) is 1.59. The van der Waals surface area contributed by atoms with Gasteiger partial charge in [0.2, 0.25) is 5.76 Å². The second kappa shape index (κ2) is 7.84. The van der Waals surface area contributed by atoms with Crippen LogP contribution in [0, 0.1) is 0 Å². The minimum atomic E-state index is -0.689. The largest absolute Gasteiger partial charge is 0.508 e. The van der Waals surface area contributed by atoms with Crippen LogP contribution in [0.5, 0.6) is 11.5 Å². The van der Waals surface area contributed by atoms with Crippen molar-refractivity contribution in [1.29, 1.82) is 0 Å². The van der Waals surface area contributed by atoms with Crippen LogP contribution in [0.15, 0.2) is 80.4 Å². The average molecular weight is 492 g/mol. The number of nitrogens with zero attached hydrogens (tertiary/aromatic N) is 1. The molecule has 1 amide bonds. The molecule has 1 aromatic heterocycles. The molecule has 1 aliphatic rings. The normalized spacial score (nSPS) is 15.2. The third-order valence-electron chi connectivity index (χ3n) is 5.63. The summed E-state index contributed by atoms with van der Waals surface area (Å²) in [6.07, 6.45) is 0. The maximum absolute atomic E-state index is 13.5. The van der Waals surface area contributed by atoms with E-state index in [9.17, 15) is 14.7 Å². The first-order chi connectivity index (χ1) is 15.5. The topological polar surface area (TPSA) is 80.0 Å². The highest BCUT2D eigenvalue weighted by Gasteiger charge is 2.42. The Morgan fingerprint density at radius 2 is 1.84 bits per heavy atom.